The number of para-hydroxylation sites is 2. The highest BCUT2D eigenvalue weighted by Gasteiger charge is 2.20. The molecule has 0 amide bonds. The van der Waals surface area contributed by atoms with E-state index >= 15 is 0 Å². The number of esters is 1. The Bertz CT molecular complexity index is 994. The summed E-state index contributed by atoms with van der Waals surface area (Å²) in [6.07, 6.45) is 1.69. The minimum Gasteiger partial charge on any atom is -0.462 e. The summed E-state index contributed by atoms with van der Waals surface area (Å²) in [7, 11) is 0. The van der Waals surface area contributed by atoms with Gasteiger partial charge < -0.3 is 9.47 Å². The van der Waals surface area contributed by atoms with E-state index in [-0.39, 0.29) is 5.97 Å². The maximum absolute atomic E-state index is 11.9. The van der Waals surface area contributed by atoms with Gasteiger partial charge >= 0.3 is 5.97 Å². The third kappa shape index (κ3) is 2.95. The molecule has 0 spiro atoms. The third-order valence-corrected chi connectivity index (χ3v) is 4.00. The Balaban J connectivity index is 1.81. The van der Waals surface area contributed by atoms with Crippen molar-refractivity contribution in [3.8, 4) is 11.6 Å². The first-order valence-electron chi connectivity index (χ1n) is 8.35. The molecule has 5 nitrogen and oxygen atoms in total. The number of rotatable bonds is 3. The number of nitrogens with zero attached hydrogens (tertiary/aromatic N) is 2. The predicted molar refractivity (Wildman–Crippen MR) is 98.5 cm³/mol. The second-order valence-corrected chi connectivity index (χ2v) is 5.68. The van der Waals surface area contributed by atoms with Crippen molar-refractivity contribution in [1.82, 2.24) is 4.98 Å². The van der Waals surface area contributed by atoms with Gasteiger partial charge in [-0.2, -0.15) is 0 Å². The Morgan fingerprint density at radius 3 is 2.65 bits per heavy atom. The van der Waals surface area contributed by atoms with Crippen molar-refractivity contribution in [2.75, 3.05) is 6.61 Å². The Morgan fingerprint density at radius 2 is 1.85 bits per heavy atom. The molecule has 5 heteroatoms. The molecule has 4 rings (SSSR count). The van der Waals surface area contributed by atoms with Crippen LogP contribution in [0.3, 0.4) is 0 Å². The van der Waals surface area contributed by atoms with Crippen molar-refractivity contribution in [3.05, 3.63) is 83.6 Å². The lowest BCUT2D eigenvalue weighted by atomic mass is 10.0. The fraction of sp³-hybridized carbons (Fsp3) is 0.0952. The van der Waals surface area contributed by atoms with Crippen LogP contribution in [0.2, 0.25) is 0 Å². The van der Waals surface area contributed by atoms with Gasteiger partial charge in [0.05, 0.1) is 23.4 Å². The van der Waals surface area contributed by atoms with Crippen LogP contribution in [0.25, 0.3) is 0 Å². The van der Waals surface area contributed by atoms with Gasteiger partial charge in [0.15, 0.2) is 5.75 Å². The van der Waals surface area contributed by atoms with Crippen molar-refractivity contribution in [3.63, 3.8) is 0 Å². The summed E-state index contributed by atoms with van der Waals surface area (Å²) in [6.45, 7) is 2.13. The van der Waals surface area contributed by atoms with Crippen LogP contribution in [-0.2, 0) is 4.74 Å². The second-order valence-electron chi connectivity index (χ2n) is 5.68. The minimum atomic E-state index is -0.336. The number of ether oxygens (including phenoxy) is 2. The molecule has 0 saturated heterocycles. The van der Waals surface area contributed by atoms with Crippen LogP contribution in [0.1, 0.15) is 28.4 Å². The van der Waals surface area contributed by atoms with Crippen LogP contribution in [0, 0.1) is 0 Å². The molecule has 0 atom stereocenters. The second kappa shape index (κ2) is 6.80. The number of aliphatic imine (C=N–C) groups is 1. The molecule has 0 saturated carbocycles. The smallest absolute Gasteiger partial charge is 0.338 e. The molecule has 0 radical (unpaired) electrons. The molecular weight excluding hydrogens is 328 g/mol. The summed E-state index contributed by atoms with van der Waals surface area (Å²) in [5.74, 6) is 0.828. The molecule has 26 heavy (non-hydrogen) atoms. The molecule has 0 N–H and O–H groups in total. The highest BCUT2D eigenvalue weighted by Crippen LogP contribution is 2.37. The van der Waals surface area contributed by atoms with Gasteiger partial charge in [-0.05, 0) is 43.3 Å². The molecule has 128 valence electrons. The van der Waals surface area contributed by atoms with E-state index in [2.05, 4.69) is 4.98 Å². The first kappa shape index (κ1) is 16.0. The van der Waals surface area contributed by atoms with E-state index < -0.39 is 0 Å². The van der Waals surface area contributed by atoms with E-state index in [1.807, 2.05) is 48.5 Å². The predicted octanol–water partition coefficient (Wildman–Crippen LogP) is 4.53. The van der Waals surface area contributed by atoms with Crippen LogP contribution < -0.4 is 4.74 Å². The molecule has 2 heterocycles. The Kier molecular flexibility index (Phi) is 4.19. The largest absolute Gasteiger partial charge is 0.462 e. The average molecular weight is 344 g/mol. The Labute approximate surface area is 151 Å². The van der Waals surface area contributed by atoms with Gasteiger partial charge in [-0.15, -0.1) is 0 Å². The molecule has 3 aromatic rings. The number of hydrogen-bond acceptors (Lipinski definition) is 5. The zero-order chi connectivity index (χ0) is 17.9. The molecule has 0 aliphatic carbocycles. The lowest BCUT2D eigenvalue weighted by Gasteiger charge is -2.09. The van der Waals surface area contributed by atoms with E-state index in [0.717, 1.165) is 22.5 Å². The summed E-state index contributed by atoms with van der Waals surface area (Å²) >= 11 is 0. The summed E-state index contributed by atoms with van der Waals surface area (Å²) in [5.41, 5.74) is 3.65. The van der Waals surface area contributed by atoms with E-state index in [0.29, 0.717) is 23.8 Å². The average Bonchev–Trinajstić information content (AvgIpc) is 2.85. The molecular formula is C21H16N2O3. The van der Waals surface area contributed by atoms with Gasteiger partial charge in [-0.3, -0.25) is 0 Å². The van der Waals surface area contributed by atoms with Crippen LogP contribution in [0.15, 0.2) is 71.9 Å². The summed E-state index contributed by atoms with van der Waals surface area (Å²) in [5, 5.41) is 0. The number of hydrogen-bond donors (Lipinski definition) is 0. The molecule has 2 aromatic carbocycles. The van der Waals surface area contributed by atoms with Crippen LogP contribution in [0.4, 0.5) is 5.69 Å². The van der Waals surface area contributed by atoms with Gasteiger partial charge in [0.1, 0.15) is 5.69 Å². The SMILES string of the molecule is CCOC(=O)c1ccc(C2=Nc3ccccc3Oc3ncccc32)cc1. The van der Waals surface area contributed by atoms with Crippen LogP contribution >= 0.6 is 0 Å². The molecule has 1 aliphatic rings. The quantitative estimate of drug-likeness (QED) is 0.512. The maximum Gasteiger partial charge on any atom is 0.338 e. The van der Waals surface area contributed by atoms with Crippen molar-refractivity contribution >= 4 is 17.4 Å². The zero-order valence-electron chi connectivity index (χ0n) is 14.2. The number of benzene rings is 2. The third-order valence-electron chi connectivity index (χ3n) is 4.00. The van der Waals surface area contributed by atoms with Gasteiger partial charge in [0.25, 0.3) is 0 Å². The molecule has 1 aliphatic heterocycles. The van der Waals surface area contributed by atoms with Crippen molar-refractivity contribution in [2.24, 2.45) is 4.99 Å². The lowest BCUT2D eigenvalue weighted by Crippen LogP contribution is -2.07. The normalized spacial score (nSPS) is 12.1. The van der Waals surface area contributed by atoms with Crippen molar-refractivity contribution < 1.29 is 14.3 Å². The molecule has 0 unspecified atom stereocenters. The summed E-state index contributed by atoms with van der Waals surface area (Å²) < 4.78 is 11.0. The first-order valence-corrected chi connectivity index (χ1v) is 8.35. The molecule has 0 bridgehead atoms. The number of pyridine rings is 1. The van der Waals surface area contributed by atoms with Gasteiger partial charge in [-0.1, -0.05) is 24.3 Å². The van der Waals surface area contributed by atoms with Gasteiger partial charge in [0, 0.05) is 11.8 Å². The Hall–Kier alpha value is -3.47. The van der Waals surface area contributed by atoms with E-state index in [9.17, 15) is 4.79 Å². The summed E-state index contributed by atoms with van der Waals surface area (Å²) in [6, 6.07) is 18.5. The standard InChI is InChI=1S/C21H16N2O3/c1-2-25-21(24)15-11-9-14(10-12-15)19-16-6-5-13-22-20(16)26-18-8-4-3-7-17(18)23-19/h3-13H,2H2,1H3. The molecule has 1 aromatic heterocycles. The minimum absolute atomic E-state index is 0.336. The van der Waals surface area contributed by atoms with E-state index in [4.69, 9.17) is 14.5 Å². The van der Waals surface area contributed by atoms with Gasteiger partial charge in [0.2, 0.25) is 5.88 Å². The topological polar surface area (TPSA) is 60.8 Å². The molecule has 0 fully saturated rings. The fourth-order valence-electron chi connectivity index (χ4n) is 2.77. The zero-order valence-corrected chi connectivity index (χ0v) is 14.2. The highest BCUT2D eigenvalue weighted by atomic mass is 16.5. The maximum atomic E-state index is 11.9. The fourth-order valence-corrected chi connectivity index (χ4v) is 2.77. The number of carbonyl (C=O) groups excluding carboxylic acids is 1. The van der Waals surface area contributed by atoms with Gasteiger partial charge in [-0.25, -0.2) is 14.8 Å². The first-order chi connectivity index (χ1) is 12.8. The summed E-state index contributed by atoms with van der Waals surface area (Å²) in [4.78, 5) is 21.0. The van der Waals surface area contributed by atoms with Crippen molar-refractivity contribution in [1.29, 1.82) is 0 Å². The Morgan fingerprint density at radius 1 is 1.04 bits per heavy atom. The van der Waals surface area contributed by atoms with E-state index in [1.165, 1.54) is 0 Å². The van der Waals surface area contributed by atoms with Crippen molar-refractivity contribution in [2.45, 2.75) is 6.92 Å². The number of fused-ring (bicyclic) bond motifs is 2. The number of carbonyl (C=O) groups is 1. The highest BCUT2D eigenvalue weighted by molar-refractivity contribution is 6.16. The van der Waals surface area contributed by atoms with Crippen LogP contribution in [-0.4, -0.2) is 23.3 Å². The monoisotopic (exact) mass is 344 g/mol. The number of aromatic nitrogens is 1. The van der Waals surface area contributed by atoms with Crippen LogP contribution in [0.5, 0.6) is 11.6 Å². The lowest BCUT2D eigenvalue weighted by molar-refractivity contribution is 0.0526. The van der Waals surface area contributed by atoms with E-state index in [1.54, 1.807) is 25.3 Å².